The van der Waals surface area contributed by atoms with Gasteiger partial charge in [-0.25, -0.2) is 8.42 Å². The molecular formula is C20H25BrN2O3S2. The Kier molecular flexibility index (Phi) is 7.97. The molecule has 8 heteroatoms. The van der Waals surface area contributed by atoms with Crippen molar-refractivity contribution in [3.63, 3.8) is 0 Å². The fourth-order valence-electron chi connectivity index (χ4n) is 2.38. The molecule has 0 heterocycles. The van der Waals surface area contributed by atoms with Crippen LogP contribution in [0.1, 0.15) is 20.8 Å². The number of thioether (sulfide) groups is 1. The second-order valence-electron chi connectivity index (χ2n) is 7.11. The Hall–Kier alpha value is -1.51. The van der Waals surface area contributed by atoms with E-state index in [0.717, 1.165) is 14.5 Å². The number of carbonyl (C=O) groups is 1. The summed E-state index contributed by atoms with van der Waals surface area (Å²) in [5.41, 5.74) is 0.436. The van der Waals surface area contributed by atoms with Crippen LogP contribution in [0.4, 0.5) is 5.69 Å². The molecule has 0 unspecified atom stereocenters. The van der Waals surface area contributed by atoms with E-state index in [1.807, 2.05) is 0 Å². The summed E-state index contributed by atoms with van der Waals surface area (Å²) >= 11 is 5.09. The number of halogens is 1. The zero-order valence-electron chi connectivity index (χ0n) is 16.2. The summed E-state index contributed by atoms with van der Waals surface area (Å²) in [6, 6.07) is 15.0. The highest BCUT2D eigenvalue weighted by atomic mass is 79.9. The molecule has 0 fully saturated rings. The van der Waals surface area contributed by atoms with Gasteiger partial charge >= 0.3 is 0 Å². The smallest absolute Gasteiger partial charge is 0.264 e. The fraction of sp³-hybridized carbons (Fsp3) is 0.350. The third-order valence-electron chi connectivity index (χ3n) is 3.69. The van der Waals surface area contributed by atoms with Gasteiger partial charge in [0.15, 0.2) is 0 Å². The van der Waals surface area contributed by atoms with Gasteiger partial charge in [0.2, 0.25) is 5.91 Å². The number of benzene rings is 2. The van der Waals surface area contributed by atoms with E-state index in [1.165, 1.54) is 12.1 Å². The second kappa shape index (κ2) is 9.80. The summed E-state index contributed by atoms with van der Waals surface area (Å²) < 4.78 is 28.4. The maximum absolute atomic E-state index is 13.1. The second-order valence-corrected chi connectivity index (χ2v) is 11.8. The van der Waals surface area contributed by atoms with Gasteiger partial charge in [-0.1, -0.05) is 54.9 Å². The predicted octanol–water partition coefficient (Wildman–Crippen LogP) is 4.29. The van der Waals surface area contributed by atoms with Crippen LogP contribution in [0.5, 0.6) is 0 Å². The van der Waals surface area contributed by atoms with Crippen LogP contribution in [0.2, 0.25) is 0 Å². The van der Waals surface area contributed by atoms with E-state index >= 15 is 0 Å². The standard InChI is InChI=1S/C20H25BrN2O3S2/c1-20(2,3)27-14-13-22-19(24)15-23(17-11-9-16(21)10-12-17)28(25,26)18-7-5-4-6-8-18/h4-12H,13-15H2,1-3H3,(H,22,24). The first-order valence-corrected chi connectivity index (χ1v) is 12.1. The number of hydrogen-bond acceptors (Lipinski definition) is 4. The van der Waals surface area contributed by atoms with Crippen molar-refractivity contribution in [1.29, 1.82) is 0 Å². The topological polar surface area (TPSA) is 66.5 Å². The minimum atomic E-state index is -3.86. The largest absolute Gasteiger partial charge is 0.354 e. The Morgan fingerprint density at radius 2 is 1.68 bits per heavy atom. The number of amides is 1. The van der Waals surface area contributed by atoms with Crippen LogP contribution in [0.25, 0.3) is 0 Å². The molecule has 0 atom stereocenters. The molecule has 0 spiro atoms. The van der Waals surface area contributed by atoms with Gasteiger partial charge in [0.05, 0.1) is 10.6 Å². The number of hydrogen-bond donors (Lipinski definition) is 1. The molecule has 152 valence electrons. The molecule has 0 saturated heterocycles. The van der Waals surface area contributed by atoms with Crippen LogP contribution in [0, 0.1) is 0 Å². The van der Waals surface area contributed by atoms with Crippen LogP contribution in [-0.2, 0) is 14.8 Å². The Morgan fingerprint density at radius 1 is 1.07 bits per heavy atom. The number of sulfonamides is 1. The quantitative estimate of drug-likeness (QED) is 0.567. The number of carbonyl (C=O) groups excluding carboxylic acids is 1. The maximum Gasteiger partial charge on any atom is 0.264 e. The zero-order valence-corrected chi connectivity index (χ0v) is 19.4. The Balaban J connectivity index is 2.18. The number of anilines is 1. The molecule has 0 radical (unpaired) electrons. The molecule has 0 aliphatic rings. The van der Waals surface area contributed by atoms with Gasteiger partial charge in [-0.3, -0.25) is 9.10 Å². The van der Waals surface area contributed by atoms with Crippen molar-refractivity contribution >= 4 is 49.3 Å². The van der Waals surface area contributed by atoms with Gasteiger partial charge in [0.1, 0.15) is 6.54 Å². The van der Waals surface area contributed by atoms with Crippen molar-refractivity contribution in [2.75, 3.05) is 23.1 Å². The molecular weight excluding hydrogens is 460 g/mol. The molecule has 0 bridgehead atoms. The van der Waals surface area contributed by atoms with Gasteiger partial charge in [-0.15, -0.1) is 0 Å². The van der Waals surface area contributed by atoms with E-state index in [1.54, 1.807) is 54.2 Å². The Morgan fingerprint density at radius 3 is 2.25 bits per heavy atom. The Bertz CT molecular complexity index is 880. The zero-order chi connectivity index (χ0) is 20.8. The summed E-state index contributed by atoms with van der Waals surface area (Å²) in [5.74, 6) is 0.427. The van der Waals surface area contributed by atoms with Crippen LogP contribution < -0.4 is 9.62 Å². The van der Waals surface area contributed by atoms with E-state index < -0.39 is 10.0 Å². The number of nitrogens with zero attached hydrogens (tertiary/aromatic N) is 1. The first-order chi connectivity index (χ1) is 13.1. The third kappa shape index (κ3) is 6.83. The van der Waals surface area contributed by atoms with Crippen molar-refractivity contribution in [1.82, 2.24) is 5.32 Å². The summed E-state index contributed by atoms with van der Waals surface area (Å²) in [6.45, 7) is 6.54. The number of nitrogens with one attached hydrogen (secondary N) is 1. The SMILES string of the molecule is CC(C)(C)SCCNC(=O)CN(c1ccc(Br)cc1)S(=O)(=O)c1ccccc1. The van der Waals surface area contributed by atoms with Gasteiger partial charge < -0.3 is 5.32 Å². The molecule has 1 N–H and O–H groups in total. The van der Waals surface area contributed by atoms with E-state index in [0.29, 0.717) is 12.2 Å². The van der Waals surface area contributed by atoms with Crippen molar-refractivity contribution in [2.45, 2.75) is 30.4 Å². The summed E-state index contributed by atoms with van der Waals surface area (Å²) in [6.07, 6.45) is 0. The average molecular weight is 485 g/mol. The average Bonchev–Trinajstić information content (AvgIpc) is 2.64. The minimum Gasteiger partial charge on any atom is -0.354 e. The summed E-state index contributed by atoms with van der Waals surface area (Å²) in [5, 5.41) is 2.82. The van der Waals surface area contributed by atoms with E-state index in [-0.39, 0.29) is 22.1 Å². The summed E-state index contributed by atoms with van der Waals surface area (Å²) in [4.78, 5) is 12.6. The van der Waals surface area contributed by atoms with Crippen LogP contribution in [-0.4, -0.2) is 37.9 Å². The molecule has 0 aliphatic carbocycles. The molecule has 5 nitrogen and oxygen atoms in total. The van der Waals surface area contributed by atoms with E-state index in [4.69, 9.17) is 0 Å². The lowest BCUT2D eigenvalue weighted by Gasteiger charge is -2.24. The Labute approximate surface area is 180 Å². The van der Waals surface area contributed by atoms with Crippen LogP contribution in [0.15, 0.2) is 64.0 Å². The molecule has 2 aromatic carbocycles. The van der Waals surface area contributed by atoms with Gasteiger partial charge in [0, 0.05) is 21.5 Å². The fourth-order valence-corrected chi connectivity index (χ4v) is 4.90. The normalized spacial score (nSPS) is 11.9. The maximum atomic E-state index is 13.1. The first kappa shape index (κ1) is 22.8. The highest BCUT2D eigenvalue weighted by Crippen LogP contribution is 2.25. The molecule has 0 aromatic heterocycles. The van der Waals surface area contributed by atoms with Crippen LogP contribution >= 0.6 is 27.7 Å². The highest BCUT2D eigenvalue weighted by Gasteiger charge is 2.27. The van der Waals surface area contributed by atoms with Crippen molar-refractivity contribution < 1.29 is 13.2 Å². The molecule has 2 rings (SSSR count). The highest BCUT2D eigenvalue weighted by molar-refractivity contribution is 9.10. The van der Waals surface area contributed by atoms with Gasteiger partial charge in [-0.05, 0) is 36.4 Å². The minimum absolute atomic E-state index is 0.116. The van der Waals surface area contributed by atoms with Crippen molar-refractivity contribution in [3.05, 3.63) is 59.1 Å². The monoisotopic (exact) mass is 484 g/mol. The van der Waals surface area contributed by atoms with E-state index in [2.05, 4.69) is 42.0 Å². The lowest BCUT2D eigenvalue weighted by molar-refractivity contribution is -0.119. The molecule has 1 amide bonds. The van der Waals surface area contributed by atoms with E-state index in [9.17, 15) is 13.2 Å². The molecule has 28 heavy (non-hydrogen) atoms. The number of rotatable bonds is 8. The molecule has 0 aliphatic heterocycles. The van der Waals surface area contributed by atoms with Crippen molar-refractivity contribution in [3.8, 4) is 0 Å². The van der Waals surface area contributed by atoms with Gasteiger partial charge in [0.25, 0.3) is 10.0 Å². The molecule has 0 saturated carbocycles. The molecule has 2 aromatic rings. The predicted molar refractivity (Wildman–Crippen MR) is 120 cm³/mol. The van der Waals surface area contributed by atoms with Crippen LogP contribution in [0.3, 0.4) is 0 Å². The first-order valence-electron chi connectivity index (χ1n) is 8.83. The van der Waals surface area contributed by atoms with Crippen molar-refractivity contribution in [2.24, 2.45) is 0 Å². The lowest BCUT2D eigenvalue weighted by Crippen LogP contribution is -2.41. The van der Waals surface area contributed by atoms with Gasteiger partial charge in [-0.2, -0.15) is 11.8 Å². The lowest BCUT2D eigenvalue weighted by atomic mass is 10.3. The third-order valence-corrected chi connectivity index (χ3v) is 7.28. The summed E-state index contributed by atoms with van der Waals surface area (Å²) in [7, 11) is -3.86.